The molecule has 1 fully saturated rings. The van der Waals surface area contributed by atoms with Crippen molar-refractivity contribution in [1.29, 1.82) is 0 Å². The molecule has 0 unspecified atom stereocenters. The molecule has 0 spiro atoms. The molecule has 11 heteroatoms. The van der Waals surface area contributed by atoms with Crippen molar-refractivity contribution in [2.75, 3.05) is 32.7 Å². The van der Waals surface area contributed by atoms with E-state index in [-0.39, 0.29) is 18.0 Å². The third kappa shape index (κ3) is 5.60. The minimum Gasteiger partial charge on any atom is -0.406 e. The van der Waals surface area contributed by atoms with Crippen LogP contribution in [-0.4, -0.2) is 66.7 Å². The average Bonchev–Trinajstić information content (AvgIpc) is 2.77. The van der Waals surface area contributed by atoms with Crippen molar-refractivity contribution >= 4 is 20.9 Å². The zero-order chi connectivity index (χ0) is 23.6. The van der Waals surface area contributed by atoms with Crippen LogP contribution in [0.3, 0.4) is 0 Å². The first-order valence-corrected chi connectivity index (χ1v) is 11.7. The predicted molar refractivity (Wildman–Crippen MR) is 116 cm³/mol. The van der Waals surface area contributed by atoms with Gasteiger partial charge in [-0.15, -0.1) is 13.2 Å². The standard InChI is InChI=1S/C22H22F3N4O3S/c1-16-20-6-5-17(27-21(20)7-9-26-16)8-10-28-11-13-29(14-12-28)33(30,31)19-4-2-3-18(15-19)32-22(23,24)25/h2-9,15H,10-14H2,1H3. The molecular formula is C22H22F3N4O3S. The molecular weight excluding hydrogens is 457 g/mol. The van der Waals surface area contributed by atoms with Crippen molar-refractivity contribution in [1.82, 2.24) is 19.2 Å². The molecule has 175 valence electrons. The van der Waals surface area contributed by atoms with Crippen LogP contribution in [-0.2, 0) is 10.0 Å². The molecule has 2 aromatic heterocycles. The van der Waals surface area contributed by atoms with Gasteiger partial charge in [0.25, 0.3) is 0 Å². The Morgan fingerprint density at radius 1 is 1.09 bits per heavy atom. The second-order valence-electron chi connectivity index (χ2n) is 7.63. The SMILES string of the molecule is Cc1nccc2nc([CH]CN3CCN(S(=O)(=O)c4cccc(OC(F)(F)F)c4)CC3)ccc12. The molecule has 0 aliphatic carbocycles. The minimum absolute atomic E-state index is 0.227. The Morgan fingerprint density at radius 3 is 2.58 bits per heavy atom. The van der Waals surface area contributed by atoms with Crippen molar-refractivity contribution in [3.05, 3.63) is 66.5 Å². The Kier molecular flexibility index (Phi) is 6.55. The Labute approximate surface area is 189 Å². The van der Waals surface area contributed by atoms with Gasteiger partial charge in [-0.2, -0.15) is 4.31 Å². The van der Waals surface area contributed by atoms with Gasteiger partial charge in [-0.05, 0) is 37.3 Å². The number of piperazine rings is 1. The summed E-state index contributed by atoms with van der Waals surface area (Å²) in [6, 6.07) is 10.2. The molecule has 0 saturated carbocycles. The molecule has 33 heavy (non-hydrogen) atoms. The fourth-order valence-electron chi connectivity index (χ4n) is 3.68. The Hall–Kier alpha value is -2.76. The van der Waals surface area contributed by atoms with Crippen LogP contribution >= 0.6 is 0 Å². The van der Waals surface area contributed by atoms with Gasteiger partial charge in [0.2, 0.25) is 10.0 Å². The van der Waals surface area contributed by atoms with E-state index in [9.17, 15) is 21.6 Å². The Morgan fingerprint density at radius 2 is 1.85 bits per heavy atom. The number of hydrogen-bond acceptors (Lipinski definition) is 6. The molecule has 3 aromatic rings. The number of alkyl halides is 3. The van der Waals surface area contributed by atoms with Crippen LogP contribution in [0.25, 0.3) is 10.9 Å². The van der Waals surface area contributed by atoms with E-state index in [0.29, 0.717) is 19.6 Å². The van der Waals surface area contributed by atoms with Crippen molar-refractivity contribution in [3.8, 4) is 5.75 Å². The predicted octanol–water partition coefficient (Wildman–Crippen LogP) is 3.40. The van der Waals surface area contributed by atoms with Crippen LogP contribution < -0.4 is 4.74 Å². The van der Waals surface area contributed by atoms with Gasteiger partial charge in [-0.25, -0.2) is 8.42 Å². The van der Waals surface area contributed by atoms with Gasteiger partial charge < -0.3 is 9.64 Å². The summed E-state index contributed by atoms with van der Waals surface area (Å²) >= 11 is 0. The smallest absolute Gasteiger partial charge is 0.406 e. The van der Waals surface area contributed by atoms with Gasteiger partial charge in [0.1, 0.15) is 5.75 Å². The van der Waals surface area contributed by atoms with Gasteiger partial charge in [0, 0.05) is 68.2 Å². The van der Waals surface area contributed by atoms with Crippen LogP contribution in [0.2, 0.25) is 0 Å². The number of ether oxygens (including phenoxy) is 1. The molecule has 0 amide bonds. The Balaban J connectivity index is 1.35. The number of sulfonamides is 1. The summed E-state index contributed by atoms with van der Waals surface area (Å²) in [5, 5.41) is 0.998. The van der Waals surface area contributed by atoms with Gasteiger partial charge >= 0.3 is 6.36 Å². The zero-order valence-electron chi connectivity index (χ0n) is 17.8. The summed E-state index contributed by atoms with van der Waals surface area (Å²) in [5.41, 5.74) is 2.60. The normalized spacial score (nSPS) is 16.2. The molecule has 4 rings (SSSR count). The highest BCUT2D eigenvalue weighted by Gasteiger charge is 2.33. The lowest BCUT2D eigenvalue weighted by atomic mass is 10.1. The van der Waals surface area contributed by atoms with Gasteiger partial charge in [-0.1, -0.05) is 6.07 Å². The molecule has 0 N–H and O–H groups in total. The highest BCUT2D eigenvalue weighted by molar-refractivity contribution is 7.89. The molecule has 3 heterocycles. The molecule has 1 saturated heterocycles. The third-order valence-corrected chi connectivity index (χ3v) is 7.30. The highest BCUT2D eigenvalue weighted by Crippen LogP contribution is 2.27. The number of rotatable bonds is 6. The van der Waals surface area contributed by atoms with Crippen molar-refractivity contribution in [2.45, 2.75) is 18.2 Å². The van der Waals surface area contributed by atoms with Crippen LogP contribution in [0, 0.1) is 13.3 Å². The first-order chi connectivity index (χ1) is 15.6. The van der Waals surface area contributed by atoms with Crippen LogP contribution in [0.1, 0.15) is 11.4 Å². The number of aromatic nitrogens is 2. The number of nitrogens with zero attached hydrogens (tertiary/aromatic N) is 4. The van der Waals surface area contributed by atoms with E-state index in [4.69, 9.17) is 0 Å². The van der Waals surface area contributed by atoms with Crippen LogP contribution in [0.4, 0.5) is 13.2 Å². The molecule has 1 radical (unpaired) electrons. The number of pyridine rings is 2. The van der Waals surface area contributed by atoms with E-state index in [2.05, 4.69) is 19.6 Å². The quantitative estimate of drug-likeness (QED) is 0.540. The summed E-state index contributed by atoms with van der Waals surface area (Å²) in [4.78, 5) is 10.8. The average molecular weight is 480 g/mol. The molecule has 7 nitrogen and oxygen atoms in total. The lowest BCUT2D eigenvalue weighted by Gasteiger charge is -2.33. The van der Waals surface area contributed by atoms with E-state index < -0.39 is 22.1 Å². The zero-order valence-corrected chi connectivity index (χ0v) is 18.6. The lowest BCUT2D eigenvalue weighted by Crippen LogP contribution is -2.48. The highest BCUT2D eigenvalue weighted by atomic mass is 32.2. The third-order valence-electron chi connectivity index (χ3n) is 5.40. The summed E-state index contributed by atoms with van der Waals surface area (Å²) in [6.07, 6.45) is -1.18. The van der Waals surface area contributed by atoms with Crippen molar-refractivity contribution in [3.63, 3.8) is 0 Å². The molecule has 0 bridgehead atoms. The minimum atomic E-state index is -4.89. The summed E-state index contributed by atoms with van der Waals surface area (Å²) in [6.45, 7) is 3.98. The lowest BCUT2D eigenvalue weighted by molar-refractivity contribution is -0.274. The molecule has 1 aromatic carbocycles. The maximum absolute atomic E-state index is 12.9. The summed E-state index contributed by atoms with van der Waals surface area (Å²) in [7, 11) is -3.93. The van der Waals surface area contributed by atoms with Crippen LogP contribution in [0.15, 0.2) is 53.6 Å². The Bertz CT molecular complexity index is 1240. The fraction of sp³-hybridized carbons (Fsp3) is 0.318. The number of aryl methyl sites for hydroxylation is 1. The summed E-state index contributed by atoms with van der Waals surface area (Å²) < 4.78 is 68.3. The number of benzene rings is 1. The fourth-order valence-corrected chi connectivity index (χ4v) is 5.14. The first kappa shape index (κ1) is 23.4. The maximum Gasteiger partial charge on any atom is 0.573 e. The van der Waals surface area contributed by atoms with E-state index >= 15 is 0 Å². The number of fused-ring (bicyclic) bond motifs is 1. The summed E-state index contributed by atoms with van der Waals surface area (Å²) in [5.74, 6) is -0.564. The van der Waals surface area contributed by atoms with Gasteiger partial charge in [-0.3, -0.25) is 9.97 Å². The van der Waals surface area contributed by atoms with Gasteiger partial charge in [0.15, 0.2) is 0 Å². The van der Waals surface area contributed by atoms with Crippen molar-refractivity contribution < 1.29 is 26.3 Å². The van der Waals surface area contributed by atoms with Gasteiger partial charge in [0.05, 0.1) is 10.4 Å². The van der Waals surface area contributed by atoms with E-state index in [0.717, 1.165) is 34.4 Å². The second-order valence-corrected chi connectivity index (χ2v) is 9.57. The van der Waals surface area contributed by atoms with Crippen LogP contribution in [0.5, 0.6) is 5.75 Å². The number of halogens is 3. The van der Waals surface area contributed by atoms with E-state index in [1.54, 1.807) is 6.20 Å². The molecule has 0 atom stereocenters. The van der Waals surface area contributed by atoms with E-state index in [1.165, 1.54) is 16.4 Å². The second kappa shape index (κ2) is 9.24. The monoisotopic (exact) mass is 479 g/mol. The molecule has 1 aliphatic rings. The first-order valence-electron chi connectivity index (χ1n) is 10.3. The van der Waals surface area contributed by atoms with E-state index in [1.807, 2.05) is 31.5 Å². The molecule has 1 aliphatic heterocycles. The van der Waals surface area contributed by atoms with Crippen molar-refractivity contribution in [2.24, 2.45) is 0 Å². The topological polar surface area (TPSA) is 75.6 Å². The maximum atomic E-state index is 12.9. The number of hydrogen-bond donors (Lipinski definition) is 0. The largest absolute Gasteiger partial charge is 0.573 e.